The first-order valence-corrected chi connectivity index (χ1v) is 10.0. The Morgan fingerprint density at radius 3 is 2.77 bits per heavy atom. The zero-order valence-corrected chi connectivity index (χ0v) is 16.6. The number of anilines is 2. The first kappa shape index (κ1) is 18.4. The molecule has 0 spiro atoms. The second-order valence-electron chi connectivity index (χ2n) is 7.65. The number of hydrogen-bond acceptors (Lipinski definition) is 5. The first-order chi connectivity index (χ1) is 14.6. The van der Waals surface area contributed by atoms with Crippen molar-refractivity contribution in [2.24, 2.45) is 0 Å². The minimum atomic E-state index is -0.381. The third-order valence-corrected chi connectivity index (χ3v) is 5.68. The summed E-state index contributed by atoms with van der Waals surface area (Å²) in [5.74, 6) is 0.648. The second kappa shape index (κ2) is 7.33. The summed E-state index contributed by atoms with van der Waals surface area (Å²) in [6, 6.07) is 13.1. The molecule has 2 heterocycles. The van der Waals surface area contributed by atoms with E-state index in [0.29, 0.717) is 22.9 Å². The Morgan fingerprint density at radius 1 is 1.07 bits per heavy atom. The highest BCUT2D eigenvalue weighted by molar-refractivity contribution is 6.04. The number of likely N-dealkylation sites (N-methyl/N-ethyl adjacent to an activating group) is 1. The predicted molar refractivity (Wildman–Crippen MR) is 112 cm³/mol. The average molecular weight is 403 g/mol. The molecule has 0 fully saturated rings. The fourth-order valence-corrected chi connectivity index (χ4v) is 3.95. The summed E-state index contributed by atoms with van der Waals surface area (Å²) in [6.45, 7) is 0.0135. The van der Waals surface area contributed by atoms with Crippen LogP contribution in [0.3, 0.4) is 0 Å². The van der Waals surface area contributed by atoms with Crippen LogP contribution in [0.15, 0.2) is 47.0 Å². The molecule has 7 nitrogen and oxygen atoms in total. The largest absolute Gasteiger partial charge is 0.482 e. The summed E-state index contributed by atoms with van der Waals surface area (Å²) in [7, 11) is 1.68. The maximum atomic E-state index is 12.7. The van der Waals surface area contributed by atoms with Crippen LogP contribution in [-0.4, -0.2) is 30.6 Å². The van der Waals surface area contributed by atoms with Gasteiger partial charge in [-0.1, -0.05) is 17.3 Å². The number of hydrogen-bond donors (Lipinski definition) is 1. The molecule has 0 saturated carbocycles. The number of carbonyl (C=O) groups excluding carboxylic acids is 2. The van der Waals surface area contributed by atoms with E-state index in [-0.39, 0.29) is 24.1 Å². The fraction of sp³-hybridized carbons (Fsp3) is 0.261. The minimum absolute atomic E-state index is 0.0135. The Balaban J connectivity index is 1.35. The number of rotatable bonds is 3. The van der Waals surface area contributed by atoms with Crippen molar-refractivity contribution in [3.8, 4) is 17.1 Å². The third kappa shape index (κ3) is 3.32. The van der Waals surface area contributed by atoms with Crippen molar-refractivity contribution >= 4 is 23.2 Å². The van der Waals surface area contributed by atoms with Crippen LogP contribution in [0.25, 0.3) is 11.3 Å². The topological polar surface area (TPSA) is 84.7 Å². The molecular formula is C23H21N3O4. The monoisotopic (exact) mass is 403 g/mol. The van der Waals surface area contributed by atoms with Crippen LogP contribution in [0.1, 0.15) is 34.5 Å². The highest BCUT2D eigenvalue weighted by Gasteiger charge is 2.23. The third-order valence-electron chi connectivity index (χ3n) is 5.68. The maximum Gasteiger partial charge on any atom is 0.277 e. The number of fused-ring (bicyclic) bond motifs is 2. The maximum absolute atomic E-state index is 12.7. The Hall–Kier alpha value is -3.61. The van der Waals surface area contributed by atoms with E-state index in [1.54, 1.807) is 31.3 Å². The van der Waals surface area contributed by atoms with Crippen LogP contribution >= 0.6 is 0 Å². The lowest BCUT2D eigenvalue weighted by atomic mass is 9.90. The number of aromatic nitrogens is 1. The van der Waals surface area contributed by atoms with E-state index in [9.17, 15) is 9.59 Å². The SMILES string of the molecule is CN1C(=O)COc2ccc(NC(=O)c3cc(-c4ccc5c(c4)CCCC5)on3)cc21. The molecule has 2 aliphatic rings. The molecular weight excluding hydrogens is 382 g/mol. The first-order valence-electron chi connectivity index (χ1n) is 10.0. The quantitative estimate of drug-likeness (QED) is 0.719. The van der Waals surface area contributed by atoms with Gasteiger partial charge < -0.3 is 19.5 Å². The number of ether oxygens (including phenoxy) is 1. The molecule has 152 valence electrons. The van der Waals surface area contributed by atoms with E-state index in [0.717, 1.165) is 18.4 Å². The molecule has 2 amide bonds. The summed E-state index contributed by atoms with van der Waals surface area (Å²) in [4.78, 5) is 26.0. The summed E-state index contributed by atoms with van der Waals surface area (Å²) >= 11 is 0. The Morgan fingerprint density at radius 2 is 1.90 bits per heavy atom. The van der Waals surface area contributed by atoms with Gasteiger partial charge in [0.2, 0.25) is 0 Å². The van der Waals surface area contributed by atoms with Crippen molar-refractivity contribution in [2.75, 3.05) is 23.9 Å². The Kier molecular flexibility index (Phi) is 4.50. The van der Waals surface area contributed by atoms with Gasteiger partial charge in [0, 0.05) is 24.4 Å². The van der Waals surface area contributed by atoms with Crippen LogP contribution in [0, 0.1) is 0 Å². The summed E-state index contributed by atoms with van der Waals surface area (Å²) < 4.78 is 10.8. The molecule has 0 radical (unpaired) electrons. The predicted octanol–water partition coefficient (Wildman–Crippen LogP) is 3.83. The van der Waals surface area contributed by atoms with E-state index in [2.05, 4.69) is 22.6 Å². The molecule has 1 N–H and O–H groups in total. The lowest BCUT2D eigenvalue weighted by molar-refractivity contribution is -0.120. The van der Waals surface area contributed by atoms with Crippen LogP contribution in [0.2, 0.25) is 0 Å². The van der Waals surface area contributed by atoms with Gasteiger partial charge in [0.1, 0.15) is 5.75 Å². The van der Waals surface area contributed by atoms with Crippen LogP contribution in [-0.2, 0) is 17.6 Å². The van der Waals surface area contributed by atoms with Crippen molar-refractivity contribution in [1.29, 1.82) is 0 Å². The second-order valence-corrected chi connectivity index (χ2v) is 7.65. The highest BCUT2D eigenvalue weighted by Crippen LogP contribution is 2.34. The fourth-order valence-electron chi connectivity index (χ4n) is 3.95. The molecule has 7 heteroatoms. The van der Waals surface area contributed by atoms with E-state index < -0.39 is 0 Å². The normalized spacial score (nSPS) is 15.2. The minimum Gasteiger partial charge on any atom is -0.482 e. The molecule has 30 heavy (non-hydrogen) atoms. The number of amides is 2. The summed E-state index contributed by atoms with van der Waals surface area (Å²) in [5.41, 5.74) is 5.01. The lowest BCUT2D eigenvalue weighted by Gasteiger charge is -2.26. The van der Waals surface area contributed by atoms with E-state index in [1.807, 2.05) is 6.07 Å². The number of aryl methyl sites for hydroxylation is 2. The number of nitrogens with one attached hydrogen (secondary N) is 1. The van der Waals surface area contributed by atoms with Crippen molar-refractivity contribution < 1.29 is 18.8 Å². The van der Waals surface area contributed by atoms with Gasteiger partial charge >= 0.3 is 0 Å². The molecule has 0 bridgehead atoms. The van der Waals surface area contributed by atoms with Crippen LogP contribution < -0.4 is 15.0 Å². The zero-order chi connectivity index (χ0) is 20.7. The lowest BCUT2D eigenvalue weighted by Crippen LogP contribution is -2.35. The Bertz CT molecular complexity index is 1150. The van der Waals surface area contributed by atoms with Gasteiger partial charge in [-0.2, -0.15) is 0 Å². The molecule has 0 atom stereocenters. The van der Waals surface area contributed by atoms with Crippen molar-refractivity contribution in [3.63, 3.8) is 0 Å². The number of nitrogens with zero attached hydrogens (tertiary/aromatic N) is 2. The molecule has 1 aliphatic heterocycles. The van der Waals surface area contributed by atoms with Crippen molar-refractivity contribution in [3.05, 3.63) is 59.3 Å². The standard InChI is InChI=1S/C23H21N3O4/c1-26-19-11-17(8-9-20(19)29-13-22(26)27)24-23(28)18-12-21(30-25-18)16-7-6-14-4-2-3-5-15(14)10-16/h6-12H,2-5,13H2,1H3,(H,24,28). The summed E-state index contributed by atoms with van der Waals surface area (Å²) in [6.07, 6.45) is 4.63. The van der Waals surface area contributed by atoms with E-state index in [1.165, 1.54) is 28.9 Å². The summed E-state index contributed by atoms with van der Waals surface area (Å²) in [5, 5.41) is 6.74. The Labute approximate surface area is 173 Å². The van der Waals surface area contributed by atoms with Crippen LogP contribution in [0.5, 0.6) is 5.75 Å². The van der Waals surface area contributed by atoms with Gasteiger partial charge in [0.15, 0.2) is 18.1 Å². The molecule has 3 aromatic rings. The zero-order valence-electron chi connectivity index (χ0n) is 16.6. The number of carbonyl (C=O) groups is 2. The van der Waals surface area contributed by atoms with Crippen molar-refractivity contribution in [1.82, 2.24) is 5.16 Å². The number of benzene rings is 2. The van der Waals surface area contributed by atoms with E-state index in [4.69, 9.17) is 9.26 Å². The molecule has 1 aliphatic carbocycles. The smallest absolute Gasteiger partial charge is 0.277 e. The van der Waals surface area contributed by atoms with E-state index >= 15 is 0 Å². The molecule has 2 aromatic carbocycles. The molecule has 5 rings (SSSR count). The van der Waals surface area contributed by atoms with Gasteiger partial charge in [-0.15, -0.1) is 0 Å². The highest BCUT2D eigenvalue weighted by atomic mass is 16.5. The average Bonchev–Trinajstić information content (AvgIpc) is 3.27. The van der Waals surface area contributed by atoms with Crippen molar-refractivity contribution in [2.45, 2.75) is 25.7 Å². The molecule has 0 unspecified atom stereocenters. The van der Waals surface area contributed by atoms with Gasteiger partial charge in [-0.05, 0) is 61.1 Å². The van der Waals surface area contributed by atoms with Gasteiger partial charge in [0.25, 0.3) is 11.8 Å². The van der Waals surface area contributed by atoms with Gasteiger partial charge in [0.05, 0.1) is 5.69 Å². The molecule has 0 saturated heterocycles. The molecule has 1 aromatic heterocycles. The van der Waals surface area contributed by atoms with Crippen LogP contribution in [0.4, 0.5) is 11.4 Å². The van der Waals surface area contributed by atoms with Gasteiger partial charge in [-0.25, -0.2) is 0 Å². The van der Waals surface area contributed by atoms with Gasteiger partial charge in [-0.3, -0.25) is 9.59 Å².